The van der Waals surface area contributed by atoms with Crippen LogP contribution >= 0.6 is 11.8 Å². The van der Waals surface area contributed by atoms with Crippen LogP contribution in [0.1, 0.15) is 19.8 Å². The molecule has 0 aliphatic carbocycles. The zero-order valence-electron chi connectivity index (χ0n) is 10.3. The summed E-state index contributed by atoms with van der Waals surface area (Å²) in [7, 11) is 0. The van der Waals surface area contributed by atoms with Crippen molar-refractivity contribution in [2.45, 2.75) is 25.8 Å². The molecule has 0 aromatic rings. The molecule has 1 N–H and O–H groups in total. The molecule has 0 aromatic carbocycles. The molecule has 0 spiro atoms. The second-order valence-electron chi connectivity index (χ2n) is 3.82. The first-order valence-electron chi connectivity index (χ1n) is 5.82. The Kier molecular flexibility index (Phi) is 5.97. The summed E-state index contributed by atoms with van der Waals surface area (Å²) in [6, 6.07) is -0.779. The van der Waals surface area contributed by atoms with Gasteiger partial charge in [0.1, 0.15) is 6.04 Å². The largest absolute Gasteiger partial charge is 0.480 e. The molecule has 18 heavy (non-hydrogen) atoms. The maximum Gasteiger partial charge on any atom is 0.327 e. The highest BCUT2D eigenvalue weighted by molar-refractivity contribution is 7.99. The van der Waals surface area contributed by atoms with Gasteiger partial charge in [-0.3, -0.25) is 9.59 Å². The van der Waals surface area contributed by atoms with Crippen LogP contribution in [0.25, 0.3) is 0 Å². The van der Waals surface area contributed by atoms with Crippen LogP contribution in [0.2, 0.25) is 0 Å². The third-order valence-corrected chi connectivity index (χ3v) is 3.60. The minimum atomic E-state index is -0.994. The van der Waals surface area contributed by atoms with E-state index in [1.54, 1.807) is 6.92 Å². The first-order valence-corrected chi connectivity index (χ1v) is 6.97. The maximum atomic E-state index is 11.9. The second-order valence-corrected chi connectivity index (χ2v) is 4.97. The van der Waals surface area contributed by atoms with Gasteiger partial charge in [0.15, 0.2) is 0 Å². The zero-order valence-corrected chi connectivity index (χ0v) is 11.1. The summed E-state index contributed by atoms with van der Waals surface area (Å²) in [4.78, 5) is 35.4. The molecule has 1 atom stereocenters. The highest BCUT2D eigenvalue weighted by Crippen LogP contribution is 2.18. The lowest BCUT2D eigenvalue weighted by atomic mass is 10.2. The molecule has 1 fully saturated rings. The molecular formula is C11H17NO5S. The molecule has 0 saturated carbocycles. The van der Waals surface area contributed by atoms with Crippen LogP contribution in [0.3, 0.4) is 0 Å². The van der Waals surface area contributed by atoms with Crippen LogP contribution < -0.4 is 0 Å². The molecule has 1 unspecified atom stereocenters. The summed E-state index contributed by atoms with van der Waals surface area (Å²) in [5.41, 5.74) is 0. The van der Waals surface area contributed by atoms with Crippen LogP contribution in [-0.2, 0) is 19.1 Å². The number of esters is 1. The Hall–Kier alpha value is -1.24. The Bertz CT molecular complexity index is 333. The van der Waals surface area contributed by atoms with Gasteiger partial charge in [0.2, 0.25) is 5.91 Å². The Labute approximate surface area is 110 Å². The number of hydrogen-bond acceptors (Lipinski definition) is 5. The summed E-state index contributed by atoms with van der Waals surface area (Å²) in [6.45, 7) is 2.40. The summed E-state index contributed by atoms with van der Waals surface area (Å²) < 4.78 is 4.72. The number of aliphatic carboxylic acids is 1. The third-order valence-electron chi connectivity index (χ3n) is 2.58. The van der Waals surface area contributed by atoms with Gasteiger partial charge < -0.3 is 14.7 Å². The fourth-order valence-corrected chi connectivity index (χ4v) is 2.73. The molecule has 102 valence electrons. The summed E-state index contributed by atoms with van der Waals surface area (Å²) in [5, 5.41) is 9.02. The van der Waals surface area contributed by atoms with Crippen LogP contribution in [0.5, 0.6) is 0 Å². The third kappa shape index (κ3) is 4.21. The first-order chi connectivity index (χ1) is 8.56. The number of nitrogens with zero attached hydrogens (tertiary/aromatic N) is 1. The molecule has 1 rings (SSSR count). The van der Waals surface area contributed by atoms with Gasteiger partial charge in [0.25, 0.3) is 0 Å². The predicted octanol–water partition coefficient (Wildman–Crippen LogP) is 0.358. The van der Waals surface area contributed by atoms with Crippen molar-refractivity contribution in [1.82, 2.24) is 4.90 Å². The number of amides is 1. The molecule has 7 heteroatoms. The molecule has 1 saturated heterocycles. The topological polar surface area (TPSA) is 83.9 Å². The first kappa shape index (κ1) is 14.8. The van der Waals surface area contributed by atoms with Crippen molar-refractivity contribution < 1.29 is 24.2 Å². The highest BCUT2D eigenvalue weighted by Gasteiger charge is 2.32. The van der Waals surface area contributed by atoms with Crippen molar-refractivity contribution >= 4 is 29.6 Å². The smallest absolute Gasteiger partial charge is 0.327 e. The Morgan fingerprint density at radius 1 is 1.39 bits per heavy atom. The molecule has 1 aliphatic heterocycles. The average molecular weight is 275 g/mol. The molecule has 0 bridgehead atoms. The molecule has 6 nitrogen and oxygen atoms in total. The van der Waals surface area contributed by atoms with Gasteiger partial charge in [-0.15, -0.1) is 0 Å². The van der Waals surface area contributed by atoms with E-state index in [0.29, 0.717) is 12.3 Å². The minimum absolute atomic E-state index is 0.00263. The molecule has 1 heterocycles. The Morgan fingerprint density at radius 3 is 2.72 bits per heavy atom. The SMILES string of the molecule is CCOC(=O)CCC(=O)N1CCSCC1C(=O)O. The Morgan fingerprint density at radius 2 is 2.11 bits per heavy atom. The van der Waals surface area contributed by atoms with Crippen molar-refractivity contribution in [2.75, 3.05) is 24.7 Å². The Balaban J connectivity index is 2.48. The quantitative estimate of drug-likeness (QED) is 0.729. The van der Waals surface area contributed by atoms with Crippen LogP contribution in [0, 0.1) is 0 Å². The van der Waals surface area contributed by atoms with Gasteiger partial charge >= 0.3 is 11.9 Å². The summed E-state index contributed by atoms with van der Waals surface area (Å²) in [6.07, 6.45) is 0.00986. The normalized spacial score (nSPS) is 19.4. The number of rotatable bonds is 5. The minimum Gasteiger partial charge on any atom is -0.480 e. The van der Waals surface area contributed by atoms with Gasteiger partial charge in [-0.2, -0.15) is 11.8 Å². The van der Waals surface area contributed by atoms with Crippen molar-refractivity contribution in [2.24, 2.45) is 0 Å². The lowest BCUT2D eigenvalue weighted by Gasteiger charge is -2.32. The van der Waals surface area contributed by atoms with Gasteiger partial charge in [-0.05, 0) is 6.92 Å². The highest BCUT2D eigenvalue weighted by atomic mass is 32.2. The van der Waals surface area contributed by atoms with Crippen LogP contribution in [-0.4, -0.2) is 58.6 Å². The van der Waals surface area contributed by atoms with E-state index < -0.39 is 18.0 Å². The van der Waals surface area contributed by atoms with Crippen molar-refractivity contribution in [1.29, 1.82) is 0 Å². The molecular weight excluding hydrogens is 258 g/mol. The number of hydrogen-bond donors (Lipinski definition) is 1. The lowest BCUT2D eigenvalue weighted by Crippen LogP contribution is -2.50. The van der Waals surface area contributed by atoms with Crippen molar-refractivity contribution in [3.8, 4) is 0 Å². The van der Waals surface area contributed by atoms with E-state index in [9.17, 15) is 14.4 Å². The number of carboxylic acid groups (broad SMARTS) is 1. The molecule has 1 aliphatic rings. The van der Waals surface area contributed by atoms with E-state index in [4.69, 9.17) is 9.84 Å². The van der Waals surface area contributed by atoms with E-state index in [1.165, 1.54) is 16.7 Å². The number of carbonyl (C=O) groups is 3. The van der Waals surface area contributed by atoms with E-state index in [0.717, 1.165) is 5.75 Å². The molecule has 0 aromatic heterocycles. The summed E-state index contributed by atoms with van der Waals surface area (Å²) >= 11 is 1.52. The average Bonchev–Trinajstić information content (AvgIpc) is 2.36. The fourth-order valence-electron chi connectivity index (χ4n) is 1.69. The molecule has 0 radical (unpaired) electrons. The van der Waals surface area contributed by atoms with E-state index in [2.05, 4.69) is 0 Å². The monoisotopic (exact) mass is 275 g/mol. The van der Waals surface area contributed by atoms with E-state index in [1.807, 2.05) is 0 Å². The number of carbonyl (C=O) groups excluding carboxylic acids is 2. The number of carboxylic acids is 1. The van der Waals surface area contributed by atoms with Gasteiger partial charge in [0.05, 0.1) is 13.0 Å². The number of thioether (sulfide) groups is 1. The van der Waals surface area contributed by atoms with Gasteiger partial charge in [-0.1, -0.05) is 0 Å². The lowest BCUT2D eigenvalue weighted by molar-refractivity contribution is -0.150. The molecule has 1 amide bonds. The van der Waals surface area contributed by atoms with Crippen molar-refractivity contribution in [3.05, 3.63) is 0 Å². The predicted molar refractivity (Wildman–Crippen MR) is 66.3 cm³/mol. The van der Waals surface area contributed by atoms with Crippen molar-refractivity contribution in [3.63, 3.8) is 0 Å². The van der Waals surface area contributed by atoms with Gasteiger partial charge in [0, 0.05) is 24.5 Å². The zero-order chi connectivity index (χ0) is 13.5. The van der Waals surface area contributed by atoms with Gasteiger partial charge in [-0.25, -0.2) is 4.79 Å². The maximum absolute atomic E-state index is 11.9. The summed E-state index contributed by atoms with van der Waals surface area (Å²) in [5.74, 6) is -0.582. The standard InChI is InChI=1S/C11H17NO5S/c1-2-17-10(14)4-3-9(13)12-5-6-18-7-8(12)11(15)16/h8H,2-7H2,1H3,(H,15,16). The number of ether oxygens (including phenoxy) is 1. The fraction of sp³-hybridized carbons (Fsp3) is 0.727. The van der Waals surface area contributed by atoms with E-state index in [-0.39, 0.29) is 25.4 Å². The van der Waals surface area contributed by atoms with Crippen LogP contribution in [0.4, 0.5) is 0 Å². The second kappa shape index (κ2) is 7.25. The van der Waals surface area contributed by atoms with Crippen LogP contribution in [0.15, 0.2) is 0 Å². The van der Waals surface area contributed by atoms with E-state index >= 15 is 0 Å².